The molecule has 6 heteroatoms. The van der Waals surface area contributed by atoms with Crippen molar-refractivity contribution >= 4 is 5.91 Å². The van der Waals surface area contributed by atoms with Crippen LogP contribution in [0.4, 0.5) is 0 Å². The highest BCUT2D eigenvalue weighted by Crippen LogP contribution is 2.28. The van der Waals surface area contributed by atoms with Gasteiger partial charge >= 0.3 is 0 Å². The van der Waals surface area contributed by atoms with Crippen molar-refractivity contribution in [3.8, 4) is 11.5 Å². The normalized spacial score (nSPS) is 12.1. The Labute approximate surface area is 138 Å². The molecule has 1 atom stereocenters. The van der Waals surface area contributed by atoms with Gasteiger partial charge in [0, 0.05) is 13.1 Å². The first-order valence-corrected chi connectivity index (χ1v) is 8.07. The van der Waals surface area contributed by atoms with E-state index in [1.807, 2.05) is 18.2 Å². The first-order valence-electron chi connectivity index (χ1n) is 8.07. The quantitative estimate of drug-likeness (QED) is 0.680. The van der Waals surface area contributed by atoms with Crippen LogP contribution in [0.25, 0.3) is 0 Å². The fourth-order valence-electron chi connectivity index (χ4n) is 2.12. The fraction of sp³-hybridized carbons (Fsp3) is 0.588. The first-order chi connectivity index (χ1) is 11.0. The molecule has 0 aliphatic carbocycles. The Bertz CT molecular complexity index is 488. The molecular weight excluding hydrogens is 294 g/mol. The molecule has 0 spiro atoms. The van der Waals surface area contributed by atoms with E-state index in [0.717, 1.165) is 25.2 Å². The van der Waals surface area contributed by atoms with E-state index in [1.165, 1.54) is 0 Å². The molecule has 0 saturated heterocycles. The lowest BCUT2D eigenvalue weighted by atomic mass is 10.2. The number of benzene rings is 1. The molecule has 1 unspecified atom stereocenters. The Morgan fingerprint density at radius 3 is 2.57 bits per heavy atom. The zero-order valence-corrected chi connectivity index (χ0v) is 14.6. The Morgan fingerprint density at radius 2 is 2.00 bits per heavy atom. The van der Waals surface area contributed by atoms with E-state index in [1.54, 1.807) is 14.0 Å². The molecule has 0 aromatic heterocycles. The maximum Gasteiger partial charge on any atom is 0.236 e. The van der Waals surface area contributed by atoms with E-state index < -0.39 is 6.04 Å². The van der Waals surface area contributed by atoms with Crippen LogP contribution in [0.2, 0.25) is 0 Å². The third kappa shape index (κ3) is 6.46. The minimum Gasteiger partial charge on any atom is -0.493 e. The molecule has 0 aliphatic heterocycles. The molecule has 1 amide bonds. The van der Waals surface area contributed by atoms with Crippen LogP contribution in [0.3, 0.4) is 0 Å². The molecule has 1 aromatic carbocycles. The van der Waals surface area contributed by atoms with Gasteiger partial charge in [0.15, 0.2) is 11.5 Å². The molecule has 0 saturated carbocycles. The van der Waals surface area contributed by atoms with E-state index in [9.17, 15) is 4.79 Å². The summed E-state index contributed by atoms with van der Waals surface area (Å²) in [6.07, 6.45) is 0. The van der Waals surface area contributed by atoms with Crippen molar-refractivity contribution in [2.24, 2.45) is 5.73 Å². The van der Waals surface area contributed by atoms with Crippen molar-refractivity contribution in [3.63, 3.8) is 0 Å². The number of methoxy groups -OCH3 is 1. The van der Waals surface area contributed by atoms with Gasteiger partial charge in [-0.15, -0.1) is 0 Å². The molecule has 0 fully saturated rings. The standard InChI is InChI=1S/C17H29N3O3/c1-5-20(6-2)9-10-23-15-8-7-14(11-16(15)22-4)12-19-17(21)13(3)18/h7-8,11,13H,5-6,9-10,12,18H2,1-4H3,(H,19,21). The SMILES string of the molecule is CCN(CC)CCOc1ccc(CNC(=O)C(C)N)cc1OC. The Morgan fingerprint density at radius 1 is 1.30 bits per heavy atom. The van der Waals surface area contributed by atoms with E-state index in [-0.39, 0.29) is 5.91 Å². The molecule has 0 bridgehead atoms. The maximum absolute atomic E-state index is 11.5. The molecule has 1 rings (SSSR count). The van der Waals surface area contributed by atoms with Gasteiger partial charge in [-0.1, -0.05) is 19.9 Å². The third-order valence-corrected chi connectivity index (χ3v) is 3.67. The molecule has 3 N–H and O–H groups in total. The number of rotatable bonds is 10. The monoisotopic (exact) mass is 323 g/mol. The third-order valence-electron chi connectivity index (χ3n) is 3.67. The number of likely N-dealkylation sites (N-methyl/N-ethyl adjacent to an activating group) is 1. The zero-order valence-electron chi connectivity index (χ0n) is 14.6. The number of carbonyl (C=O) groups is 1. The second-order valence-corrected chi connectivity index (χ2v) is 5.37. The van der Waals surface area contributed by atoms with Crippen LogP contribution < -0.4 is 20.5 Å². The summed E-state index contributed by atoms with van der Waals surface area (Å²) in [4.78, 5) is 13.8. The molecule has 0 radical (unpaired) electrons. The number of amides is 1. The van der Waals surface area contributed by atoms with Crippen molar-refractivity contribution in [3.05, 3.63) is 23.8 Å². The van der Waals surface area contributed by atoms with Gasteiger partial charge < -0.3 is 25.4 Å². The Kier molecular flexibility index (Phi) is 8.43. The van der Waals surface area contributed by atoms with Crippen molar-refractivity contribution in [2.45, 2.75) is 33.4 Å². The largest absolute Gasteiger partial charge is 0.493 e. The van der Waals surface area contributed by atoms with E-state index in [4.69, 9.17) is 15.2 Å². The molecule has 23 heavy (non-hydrogen) atoms. The average molecular weight is 323 g/mol. The van der Waals surface area contributed by atoms with Gasteiger partial charge in [-0.05, 0) is 37.7 Å². The summed E-state index contributed by atoms with van der Waals surface area (Å²) in [5, 5.41) is 2.78. The van der Waals surface area contributed by atoms with Gasteiger partial charge in [0.25, 0.3) is 0 Å². The van der Waals surface area contributed by atoms with Crippen LogP contribution in [0.5, 0.6) is 11.5 Å². The second-order valence-electron chi connectivity index (χ2n) is 5.37. The van der Waals surface area contributed by atoms with Crippen molar-refractivity contribution in [1.82, 2.24) is 10.2 Å². The second kappa shape index (κ2) is 10.1. The summed E-state index contributed by atoms with van der Waals surface area (Å²) in [5.74, 6) is 1.20. The number of nitrogens with one attached hydrogen (secondary N) is 1. The molecule has 6 nitrogen and oxygen atoms in total. The van der Waals surface area contributed by atoms with Crippen LogP contribution in [0.15, 0.2) is 18.2 Å². The maximum atomic E-state index is 11.5. The summed E-state index contributed by atoms with van der Waals surface area (Å²) in [5.41, 5.74) is 6.46. The van der Waals surface area contributed by atoms with Crippen LogP contribution >= 0.6 is 0 Å². The molecule has 130 valence electrons. The minimum atomic E-state index is -0.514. The Balaban J connectivity index is 2.60. The van der Waals surface area contributed by atoms with Gasteiger partial charge in [-0.3, -0.25) is 4.79 Å². The van der Waals surface area contributed by atoms with Crippen LogP contribution in [-0.4, -0.2) is 50.2 Å². The lowest BCUT2D eigenvalue weighted by Gasteiger charge is -2.19. The van der Waals surface area contributed by atoms with Gasteiger partial charge in [0.2, 0.25) is 5.91 Å². The smallest absolute Gasteiger partial charge is 0.236 e. The highest BCUT2D eigenvalue weighted by Gasteiger charge is 2.09. The predicted molar refractivity (Wildman–Crippen MR) is 91.8 cm³/mol. The Hall–Kier alpha value is -1.79. The highest BCUT2D eigenvalue weighted by molar-refractivity contribution is 5.80. The van der Waals surface area contributed by atoms with Crippen molar-refractivity contribution in [1.29, 1.82) is 0 Å². The number of hydrogen-bond acceptors (Lipinski definition) is 5. The van der Waals surface area contributed by atoms with Crippen LogP contribution in [0.1, 0.15) is 26.3 Å². The number of ether oxygens (including phenoxy) is 2. The average Bonchev–Trinajstić information content (AvgIpc) is 2.56. The van der Waals surface area contributed by atoms with E-state index in [2.05, 4.69) is 24.1 Å². The molecule has 1 aromatic rings. The van der Waals surface area contributed by atoms with Crippen LogP contribution in [-0.2, 0) is 11.3 Å². The summed E-state index contributed by atoms with van der Waals surface area (Å²) in [6.45, 7) is 9.84. The van der Waals surface area contributed by atoms with Crippen molar-refractivity contribution < 1.29 is 14.3 Å². The number of nitrogens with zero attached hydrogens (tertiary/aromatic N) is 1. The zero-order chi connectivity index (χ0) is 17.2. The van der Waals surface area contributed by atoms with Crippen molar-refractivity contribution in [2.75, 3.05) is 33.4 Å². The van der Waals surface area contributed by atoms with Gasteiger partial charge in [0.1, 0.15) is 6.61 Å². The van der Waals surface area contributed by atoms with Gasteiger partial charge in [-0.25, -0.2) is 0 Å². The predicted octanol–water partition coefficient (Wildman–Crippen LogP) is 1.38. The first kappa shape index (κ1) is 19.3. The lowest BCUT2D eigenvalue weighted by molar-refractivity contribution is -0.122. The molecule has 0 aliphatic rings. The van der Waals surface area contributed by atoms with Gasteiger partial charge in [0.05, 0.1) is 13.2 Å². The minimum absolute atomic E-state index is 0.177. The molecule has 0 heterocycles. The number of nitrogens with two attached hydrogens (primary N) is 1. The van der Waals surface area contributed by atoms with Crippen LogP contribution in [0, 0.1) is 0 Å². The van der Waals surface area contributed by atoms with E-state index in [0.29, 0.717) is 24.7 Å². The summed E-state index contributed by atoms with van der Waals surface area (Å²) < 4.78 is 11.2. The molecular formula is C17H29N3O3. The lowest BCUT2D eigenvalue weighted by Crippen LogP contribution is -2.37. The number of carbonyl (C=O) groups excluding carboxylic acids is 1. The fourth-order valence-corrected chi connectivity index (χ4v) is 2.12. The van der Waals surface area contributed by atoms with E-state index >= 15 is 0 Å². The highest BCUT2D eigenvalue weighted by atomic mass is 16.5. The summed E-state index contributed by atoms with van der Waals surface area (Å²) >= 11 is 0. The summed E-state index contributed by atoms with van der Waals surface area (Å²) in [7, 11) is 1.61. The summed E-state index contributed by atoms with van der Waals surface area (Å²) in [6, 6.07) is 5.14. The van der Waals surface area contributed by atoms with Gasteiger partial charge in [-0.2, -0.15) is 0 Å². The number of hydrogen-bond donors (Lipinski definition) is 2. The topological polar surface area (TPSA) is 76.8 Å².